The molecule has 1 aromatic heterocycles. The van der Waals surface area contributed by atoms with Crippen LogP contribution < -0.4 is 0 Å². The van der Waals surface area contributed by atoms with E-state index >= 15 is 0 Å². The third kappa shape index (κ3) is 2.55. The van der Waals surface area contributed by atoms with Crippen LogP contribution in [0.3, 0.4) is 0 Å². The highest BCUT2D eigenvalue weighted by atomic mass is 19.1. The number of amides is 1. The standard InChI is InChI=1S/C23H27FN2O2/c24-19-2-1-3-20-22(19)18(12-25-20)17(14-4-5-14)8-21(27)26-15-6-13-7-16(26)11-23(28,9-13)10-15/h1-3,12-17,25,28H,4-11H2. The number of nitrogens with one attached hydrogen (secondary N) is 1. The number of aromatic nitrogens is 1. The lowest BCUT2D eigenvalue weighted by Gasteiger charge is -2.59. The van der Waals surface area contributed by atoms with Crippen LogP contribution in [0.4, 0.5) is 4.39 Å². The van der Waals surface area contributed by atoms with Gasteiger partial charge in [-0.05, 0) is 80.4 Å². The number of piperidine rings is 2. The van der Waals surface area contributed by atoms with E-state index in [1.54, 1.807) is 6.07 Å². The Morgan fingerprint density at radius 2 is 2.00 bits per heavy atom. The zero-order valence-electron chi connectivity index (χ0n) is 16.0. The second-order valence-corrected chi connectivity index (χ2v) is 9.84. The molecular weight excluding hydrogens is 355 g/mol. The summed E-state index contributed by atoms with van der Waals surface area (Å²) in [6.45, 7) is 0. The third-order valence-corrected chi connectivity index (χ3v) is 7.86. The number of fused-ring (bicyclic) bond motifs is 1. The van der Waals surface area contributed by atoms with E-state index in [9.17, 15) is 14.3 Å². The van der Waals surface area contributed by atoms with Gasteiger partial charge >= 0.3 is 0 Å². The zero-order valence-corrected chi connectivity index (χ0v) is 16.0. The van der Waals surface area contributed by atoms with Crippen LogP contribution >= 0.6 is 0 Å². The molecule has 3 heterocycles. The van der Waals surface area contributed by atoms with Crippen LogP contribution in [-0.4, -0.2) is 38.6 Å². The highest BCUT2D eigenvalue weighted by molar-refractivity contribution is 5.86. The van der Waals surface area contributed by atoms with Crippen molar-refractivity contribution in [2.24, 2.45) is 11.8 Å². The van der Waals surface area contributed by atoms with Crippen LogP contribution in [-0.2, 0) is 4.79 Å². The molecule has 5 aliphatic rings. The Labute approximate surface area is 164 Å². The molecule has 7 rings (SSSR count). The fourth-order valence-corrected chi connectivity index (χ4v) is 6.77. The van der Waals surface area contributed by atoms with Gasteiger partial charge in [0.2, 0.25) is 5.91 Å². The third-order valence-electron chi connectivity index (χ3n) is 7.86. The molecular formula is C23H27FN2O2. The molecule has 3 saturated carbocycles. The van der Waals surface area contributed by atoms with Crippen LogP contribution in [0.15, 0.2) is 24.4 Å². The summed E-state index contributed by atoms with van der Waals surface area (Å²) in [7, 11) is 0. The summed E-state index contributed by atoms with van der Waals surface area (Å²) < 4.78 is 14.6. The smallest absolute Gasteiger partial charge is 0.223 e. The number of benzene rings is 1. The minimum absolute atomic E-state index is 0.0819. The number of nitrogens with zero attached hydrogens (tertiary/aromatic N) is 1. The minimum atomic E-state index is -0.539. The van der Waals surface area contributed by atoms with Gasteiger partial charge in [0.15, 0.2) is 0 Å². The van der Waals surface area contributed by atoms with E-state index in [1.807, 2.05) is 12.3 Å². The molecule has 5 heteroatoms. The molecule has 4 nitrogen and oxygen atoms in total. The lowest BCUT2D eigenvalue weighted by Crippen LogP contribution is -2.65. The Hall–Kier alpha value is -1.88. The Morgan fingerprint density at radius 1 is 1.25 bits per heavy atom. The lowest BCUT2D eigenvalue weighted by atomic mass is 9.61. The van der Waals surface area contributed by atoms with E-state index in [1.165, 1.54) is 6.07 Å². The van der Waals surface area contributed by atoms with Crippen molar-refractivity contribution < 1.29 is 14.3 Å². The first-order valence-electron chi connectivity index (χ1n) is 10.8. The van der Waals surface area contributed by atoms with E-state index in [4.69, 9.17) is 0 Å². The van der Waals surface area contributed by atoms with Gasteiger partial charge in [-0.2, -0.15) is 0 Å². The van der Waals surface area contributed by atoms with Crippen molar-refractivity contribution in [3.8, 4) is 0 Å². The van der Waals surface area contributed by atoms with Crippen molar-refractivity contribution in [1.82, 2.24) is 9.88 Å². The Kier molecular flexibility index (Phi) is 3.54. The summed E-state index contributed by atoms with van der Waals surface area (Å²) in [5.74, 6) is 1.14. The largest absolute Gasteiger partial charge is 0.390 e. The second-order valence-electron chi connectivity index (χ2n) is 9.84. The summed E-state index contributed by atoms with van der Waals surface area (Å²) >= 11 is 0. The zero-order chi connectivity index (χ0) is 19.0. The lowest BCUT2D eigenvalue weighted by molar-refractivity contribution is -0.175. The molecule has 28 heavy (non-hydrogen) atoms. The first-order valence-corrected chi connectivity index (χ1v) is 10.8. The van der Waals surface area contributed by atoms with Gasteiger partial charge in [0.1, 0.15) is 5.82 Å². The van der Waals surface area contributed by atoms with Gasteiger partial charge < -0.3 is 15.0 Å². The number of halogens is 1. The molecule has 3 unspecified atom stereocenters. The van der Waals surface area contributed by atoms with Crippen LogP contribution in [0, 0.1) is 17.7 Å². The molecule has 3 aliphatic carbocycles. The monoisotopic (exact) mass is 382 g/mol. The molecule has 2 N–H and O–H groups in total. The fourth-order valence-electron chi connectivity index (χ4n) is 6.77. The van der Waals surface area contributed by atoms with Crippen molar-refractivity contribution in [1.29, 1.82) is 0 Å². The van der Waals surface area contributed by atoms with Crippen LogP contribution in [0.25, 0.3) is 10.9 Å². The average Bonchev–Trinajstić information content (AvgIpc) is 3.37. The average molecular weight is 382 g/mol. The number of carbonyl (C=O) groups is 1. The van der Waals surface area contributed by atoms with Crippen molar-refractivity contribution in [2.75, 3.05) is 0 Å². The van der Waals surface area contributed by atoms with Gasteiger partial charge in [-0.1, -0.05) is 6.07 Å². The molecule has 4 bridgehead atoms. The summed E-state index contributed by atoms with van der Waals surface area (Å²) in [6, 6.07) is 5.52. The van der Waals surface area contributed by atoms with Crippen LogP contribution in [0.2, 0.25) is 0 Å². The Morgan fingerprint density at radius 3 is 2.68 bits per heavy atom. The van der Waals surface area contributed by atoms with Gasteiger partial charge in [0, 0.05) is 35.6 Å². The molecule has 0 radical (unpaired) electrons. The van der Waals surface area contributed by atoms with Gasteiger partial charge in [-0.15, -0.1) is 0 Å². The first kappa shape index (κ1) is 17.0. The van der Waals surface area contributed by atoms with Crippen LogP contribution in [0.5, 0.6) is 0 Å². The summed E-state index contributed by atoms with van der Waals surface area (Å²) in [5, 5.41) is 11.5. The predicted octanol–water partition coefficient (Wildman–Crippen LogP) is 4.10. The molecule has 5 fully saturated rings. The van der Waals surface area contributed by atoms with E-state index in [2.05, 4.69) is 9.88 Å². The summed E-state index contributed by atoms with van der Waals surface area (Å²) in [6.07, 6.45) is 9.09. The van der Waals surface area contributed by atoms with Gasteiger partial charge in [-0.3, -0.25) is 4.79 Å². The molecule has 148 valence electrons. The fraction of sp³-hybridized carbons (Fsp3) is 0.609. The van der Waals surface area contributed by atoms with Gasteiger partial charge in [-0.25, -0.2) is 4.39 Å². The van der Waals surface area contributed by atoms with E-state index < -0.39 is 5.60 Å². The van der Waals surface area contributed by atoms with E-state index in [-0.39, 0.29) is 29.7 Å². The topological polar surface area (TPSA) is 56.3 Å². The second kappa shape index (κ2) is 5.82. The molecule has 2 aliphatic heterocycles. The minimum Gasteiger partial charge on any atom is -0.390 e. The van der Waals surface area contributed by atoms with Crippen molar-refractivity contribution in [3.63, 3.8) is 0 Å². The molecule has 2 saturated heterocycles. The van der Waals surface area contributed by atoms with E-state index in [0.29, 0.717) is 23.6 Å². The molecule has 3 atom stereocenters. The molecule has 0 spiro atoms. The highest BCUT2D eigenvalue weighted by Gasteiger charge is 2.55. The van der Waals surface area contributed by atoms with Crippen LogP contribution in [0.1, 0.15) is 62.8 Å². The van der Waals surface area contributed by atoms with Gasteiger partial charge in [0.05, 0.1) is 5.60 Å². The van der Waals surface area contributed by atoms with Crippen molar-refractivity contribution in [2.45, 2.75) is 75.0 Å². The molecule has 1 amide bonds. The summed E-state index contributed by atoms with van der Waals surface area (Å²) in [4.78, 5) is 18.8. The highest BCUT2D eigenvalue weighted by Crippen LogP contribution is 2.53. The van der Waals surface area contributed by atoms with Crippen molar-refractivity contribution in [3.05, 3.63) is 35.8 Å². The first-order chi connectivity index (χ1) is 13.5. The normalized spacial score (nSPS) is 34.9. The number of aromatic amines is 1. The Balaban J connectivity index is 1.29. The molecule has 2 aromatic rings. The SMILES string of the molecule is O=C(CC(c1c[nH]c2cccc(F)c12)C1CC1)N1C2CC3CC1CC(O)(C3)C2. The number of H-pyrrole nitrogens is 1. The van der Waals surface area contributed by atoms with Gasteiger partial charge in [0.25, 0.3) is 0 Å². The molecule has 1 aromatic carbocycles. The number of rotatable bonds is 4. The number of hydrogen-bond acceptors (Lipinski definition) is 2. The number of carbonyl (C=O) groups excluding carboxylic acids is 1. The van der Waals surface area contributed by atoms with E-state index in [0.717, 1.165) is 56.0 Å². The Bertz CT molecular complexity index is 933. The summed E-state index contributed by atoms with van der Waals surface area (Å²) in [5.41, 5.74) is 1.24. The maximum Gasteiger partial charge on any atom is 0.223 e. The number of aliphatic hydroxyl groups is 1. The maximum atomic E-state index is 14.6. The van der Waals surface area contributed by atoms with Crippen molar-refractivity contribution >= 4 is 16.8 Å². The quantitative estimate of drug-likeness (QED) is 0.837. The number of hydrogen-bond donors (Lipinski definition) is 2. The predicted molar refractivity (Wildman–Crippen MR) is 104 cm³/mol. The maximum absolute atomic E-state index is 14.6.